The molecular weight excluding hydrogens is 312 g/mol. The number of hydrogen-bond donors (Lipinski definition) is 0. The molecule has 2 aliphatic carbocycles. The van der Waals surface area contributed by atoms with E-state index in [1.54, 1.807) is 6.08 Å². The Morgan fingerprint density at radius 3 is 2.61 bits per heavy atom. The summed E-state index contributed by atoms with van der Waals surface area (Å²) in [6.07, 6.45) is 4.64. The van der Waals surface area contributed by atoms with Gasteiger partial charge in [0.2, 0.25) is 10.0 Å². The van der Waals surface area contributed by atoms with E-state index in [1.165, 1.54) is 4.31 Å². The van der Waals surface area contributed by atoms with E-state index >= 15 is 0 Å². The first-order valence-electron chi connectivity index (χ1n) is 8.45. The summed E-state index contributed by atoms with van der Waals surface area (Å²) in [6, 6.07) is -0.127. The van der Waals surface area contributed by atoms with Crippen LogP contribution in [0.15, 0.2) is 12.7 Å². The van der Waals surface area contributed by atoms with Crippen LogP contribution in [0.25, 0.3) is 0 Å². The van der Waals surface area contributed by atoms with Crippen molar-refractivity contribution in [3.63, 3.8) is 0 Å². The summed E-state index contributed by atoms with van der Waals surface area (Å²) in [4.78, 5) is 12.9. The van der Waals surface area contributed by atoms with E-state index in [4.69, 9.17) is 0 Å². The molecule has 3 rings (SSSR count). The van der Waals surface area contributed by atoms with Crippen LogP contribution in [0.5, 0.6) is 0 Å². The predicted octanol–water partition coefficient (Wildman–Crippen LogP) is 1.62. The van der Waals surface area contributed by atoms with Gasteiger partial charge in [-0.1, -0.05) is 20.4 Å². The van der Waals surface area contributed by atoms with E-state index in [1.807, 2.05) is 14.1 Å². The Balaban J connectivity index is 1.92. The molecular formula is C17H29N2O3S+. The van der Waals surface area contributed by atoms with E-state index in [0.717, 1.165) is 19.3 Å². The molecule has 1 spiro atoms. The molecule has 1 saturated heterocycles. The topological polar surface area (TPSA) is 54.5 Å². The number of sulfonamides is 1. The molecule has 3 aliphatic rings. The minimum absolute atomic E-state index is 0.00522. The normalized spacial score (nSPS) is 37.0. The van der Waals surface area contributed by atoms with Crippen molar-refractivity contribution in [3.8, 4) is 0 Å². The highest BCUT2D eigenvalue weighted by atomic mass is 32.2. The Labute approximate surface area is 140 Å². The molecule has 1 aliphatic heterocycles. The van der Waals surface area contributed by atoms with Gasteiger partial charge in [0.15, 0.2) is 6.54 Å². The lowest BCUT2D eigenvalue weighted by atomic mass is 9.69. The second-order valence-electron chi connectivity index (χ2n) is 8.88. The lowest BCUT2D eigenvalue weighted by Gasteiger charge is -2.37. The number of amides is 1. The fourth-order valence-corrected chi connectivity index (χ4v) is 8.01. The van der Waals surface area contributed by atoms with Crippen LogP contribution in [0.1, 0.15) is 33.1 Å². The number of rotatable bonds is 4. The summed E-state index contributed by atoms with van der Waals surface area (Å²) < 4.78 is 27.3. The van der Waals surface area contributed by atoms with Gasteiger partial charge in [0.25, 0.3) is 5.91 Å². The van der Waals surface area contributed by atoms with Crippen molar-refractivity contribution in [3.05, 3.63) is 12.7 Å². The molecule has 130 valence electrons. The maximum atomic E-state index is 12.9. The molecule has 0 N–H and O–H groups in total. The molecule has 23 heavy (non-hydrogen) atoms. The van der Waals surface area contributed by atoms with Crippen LogP contribution in [-0.2, 0) is 14.8 Å². The Hall–Kier alpha value is -0.880. The van der Waals surface area contributed by atoms with E-state index in [0.29, 0.717) is 16.9 Å². The summed E-state index contributed by atoms with van der Waals surface area (Å²) in [6.45, 7) is 8.96. The first-order chi connectivity index (χ1) is 10.5. The number of fused-ring (bicyclic) bond motifs is 1. The summed E-state index contributed by atoms with van der Waals surface area (Å²) in [7, 11) is 0.367. The van der Waals surface area contributed by atoms with E-state index in [9.17, 15) is 13.2 Å². The first kappa shape index (κ1) is 17.0. The number of hydrogen-bond acceptors (Lipinski definition) is 3. The smallest absolute Gasteiger partial charge is 0.291 e. The molecule has 3 atom stereocenters. The van der Waals surface area contributed by atoms with Crippen LogP contribution >= 0.6 is 0 Å². The van der Waals surface area contributed by atoms with Crippen LogP contribution in [0, 0.1) is 16.7 Å². The SMILES string of the molecule is C=CC[N+](C)(C)CC(=O)N1[C@@H]2C[C@@H]3CC[C@@]2(CS1(=O)=O)C3(C)C. The molecule has 2 saturated carbocycles. The van der Waals surface area contributed by atoms with Crippen molar-refractivity contribution >= 4 is 15.9 Å². The van der Waals surface area contributed by atoms with Crippen LogP contribution in [0.4, 0.5) is 0 Å². The van der Waals surface area contributed by atoms with Gasteiger partial charge in [0.1, 0.15) is 0 Å². The van der Waals surface area contributed by atoms with Crippen molar-refractivity contribution in [1.29, 1.82) is 0 Å². The standard InChI is InChI=1S/C17H29N2O3S/c1-6-9-19(4,5)11-15(20)18-14-10-13-7-8-17(14,16(13,2)3)12-23(18,21)22/h6,13-14H,1,7-12H2,2-5H3/q+1/t13-,14+,17-/m0/s1. The molecule has 6 heteroatoms. The zero-order chi connectivity index (χ0) is 17.3. The van der Waals surface area contributed by atoms with Gasteiger partial charge in [-0.25, -0.2) is 12.7 Å². The Bertz CT molecular complexity index is 653. The average molecular weight is 341 g/mol. The van der Waals surface area contributed by atoms with Gasteiger partial charge in [-0.3, -0.25) is 4.79 Å². The fourth-order valence-electron chi connectivity index (χ4n) is 5.47. The van der Waals surface area contributed by atoms with E-state index < -0.39 is 10.0 Å². The van der Waals surface area contributed by atoms with E-state index in [-0.39, 0.29) is 35.1 Å². The molecule has 0 aromatic heterocycles. The second kappa shape index (κ2) is 4.82. The monoisotopic (exact) mass is 341 g/mol. The molecule has 1 heterocycles. The van der Waals surface area contributed by atoms with Crippen LogP contribution in [0.2, 0.25) is 0 Å². The van der Waals surface area contributed by atoms with Crippen molar-refractivity contribution in [2.24, 2.45) is 16.7 Å². The molecule has 2 bridgehead atoms. The van der Waals surface area contributed by atoms with Crippen molar-refractivity contribution in [2.45, 2.75) is 39.2 Å². The summed E-state index contributed by atoms with van der Waals surface area (Å²) in [5.74, 6) is 0.436. The van der Waals surface area contributed by atoms with Gasteiger partial charge in [-0.15, -0.1) is 0 Å². The zero-order valence-electron chi connectivity index (χ0n) is 14.7. The van der Waals surface area contributed by atoms with Crippen LogP contribution in [0.3, 0.4) is 0 Å². The predicted molar refractivity (Wildman–Crippen MR) is 90.0 cm³/mol. The largest absolute Gasteiger partial charge is 0.317 e. The van der Waals surface area contributed by atoms with Crippen LogP contribution < -0.4 is 0 Å². The van der Waals surface area contributed by atoms with Crippen molar-refractivity contribution in [1.82, 2.24) is 4.31 Å². The van der Waals surface area contributed by atoms with Crippen molar-refractivity contribution in [2.75, 3.05) is 32.9 Å². The second-order valence-corrected chi connectivity index (χ2v) is 10.7. The maximum absolute atomic E-state index is 12.9. The quantitative estimate of drug-likeness (QED) is 0.577. The third-order valence-corrected chi connectivity index (χ3v) is 8.78. The number of carbonyl (C=O) groups is 1. The lowest BCUT2D eigenvalue weighted by molar-refractivity contribution is -0.876. The minimum Gasteiger partial charge on any atom is -0.317 e. The maximum Gasteiger partial charge on any atom is 0.291 e. The highest BCUT2D eigenvalue weighted by molar-refractivity contribution is 7.90. The van der Waals surface area contributed by atoms with Crippen molar-refractivity contribution < 1.29 is 17.7 Å². The zero-order valence-corrected chi connectivity index (χ0v) is 15.5. The number of quaternary nitrogens is 1. The molecule has 0 aromatic rings. The van der Waals surface area contributed by atoms with E-state index in [2.05, 4.69) is 20.4 Å². The summed E-state index contributed by atoms with van der Waals surface area (Å²) in [5.41, 5.74) is -0.229. The Morgan fingerprint density at radius 2 is 2.04 bits per heavy atom. The van der Waals surface area contributed by atoms with Crippen LogP contribution in [-0.4, -0.2) is 62.1 Å². The molecule has 0 unspecified atom stereocenters. The number of nitrogens with zero attached hydrogens (tertiary/aromatic N) is 2. The molecule has 5 nitrogen and oxygen atoms in total. The highest BCUT2D eigenvalue weighted by Crippen LogP contribution is 2.69. The molecule has 1 amide bonds. The highest BCUT2D eigenvalue weighted by Gasteiger charge is 2.72. The van der Waals surface area contributed by atoms with Gasteiger partial charge in [0, 0.05) is 5.41 Å². The van der Waals surface area contributed by atoms with Gasteiger partial charge < -0.3 is 4.48 Å². The third-order valence-electron chi connectivity index (χ3n) is 6.84. The van der Waals surface area contributed by atoms with Gasteiger partial charge in [0.05, 0.1) is 32.4 Å². The summed E-state index contributed by atoms with van der Waals surface area (Å²) in [5, 5.41) is 0. The minimum atomic E-state index is -3.50. The molecule has 3 fully saturated rings. The average Bonchev–Trinajstić information content (AvgIpc) is 2.84. The lowest BCUT2D eigenvalue weighted by Crippen LogP contribution is -2.52. The number of carbonyl (C=O) groups excluding carboxylic acids is 1. The summed E-state index contributed by atoms with van der Waals surface area (Å²) >= 11 is 0. The molecule has 0 aromatic carbocycles. The first-order valence-corrected chi connectivity index (χ1v) is 10.1. The third kappa shape index (κ3) is 2.21. The van der Waals surface area contributed by atoms with Gasteiger partial charge in [-0.2, -0.15) is 0 Å². The van der Waals surface area contributed by atoms with Gasteiger partial charge >= 0.3 is 0 Å². The molecule has 0 radical (unpaired) electrons. The Morgan fingerprint density at radius 1 is 1.39 bits per heavy atom. The van der Waals surface area contributed by atoms with Gasteiger partial charge in [-0.05, 0) is 36.7 Å². The fraction of sp³-hybridized carbons (Fsp3) is 0.824. The Kier molecular flexibility index (Phi) is 3.55. The number of likely N-dealkylation sites (N-methyl/N-ethyl adjacent to an activating group) is 1.